The summed E-state index contributed by atoms with van der Waals surface area (Å²) in [5, 5.41) is 0. The van der Waals surface area contributed by atoms with Crippen LogP contribution in [0.4, 0.5) is 0 Å². The minimum atomic E-state index is -0.455. The summed E-state index contributed by atoms with van der Waals surface area (Å²) in [5.74, 6) is 0.348. The number of carbonyl (C=O) groups is 2. The van der Waals surface area contributed by atoms with Crippen molar-refractivity contribution in [2.75, 3.05) is 6.61 Å². The van der Waals surface area contributed by atoms with Gasteiger partial charge in [0.05, 0.1) is 12.2 Å². The quantitative estimate of drug-likeness (QED) is 0.464. The molecule has 0 saturated heterocycles. The van der Waals surface area contributed by atoms with Gasteiger partial charge in [0.25, 0.3) is 0 Å². The molecule has 0 spiro atoms. The molecule has 2 rings (SSSR count). The fourth-order valence-corrected chi connectivity index (χ4v) is 1.98. The Balaban J connectivity index is 2.22. The van der Waals surface area contributed by atoms with Gasteiger partial charge >= 0.3 is 5.97 Å². The van der Waals surface area contributed by atoms with Crippen LogP contribution in [0.15, 0.2) is 48.5 Å². The van der Waals surface area contributed by atoms with Crippen molar-refractivity contribution in [3.63, 3.8) is 0 Å². The van der Waals surface area contributed by atoms with Gasteiger partial charge in [0.1, 0.15) is 11.5 Å². The number of ketones is 1. The summed E-state index contributed by atoms with van der Waals surface area (Å²) in [7, 11) is 0. The molecule has 0 aliphatic carbocycles. The number of hydrogen-bond donors (Lipinski definition) is 0. The van der Waals surface area contributed by atoms with Crippen molar-refractivity contribution in [1.29, 1.82) is 0 Å². The maximum Gasteiger partial charge on any atom is 0.308 e. The monoisotopic (exact) mass is 298 g/mol. The molecule has 0 aliphatic heterocycles. The molecule has 0 fully saturated rings. The Labute approximate surface area is 129 Å². The minimum absolute atomic E-state index is 0.195. The van der Waals surface area contributed by atoms with Gasteiger partial charge in [-0.3, -0.25) is 9.59 Å². The maximum atomic E-state index is 12.5. The van der Waals surface area contributed by atoms with Gasteiger partial charge in [0, 0.05) is 12.5 Å². The average molecular weight is 298 g/mol. The summed E-state index contributed by atoms with van der Waals surface area (Å²) in [5.41, 5.74) is 0.878. The fraction of sp³-hybridized carbons (Fsp3) is 0.222. The molecule has 0 radical (unpaired) electrons. The van der Waals surface area contributed by atoms with Crippen molar-refractivity contribution in [2.24, 2.45) is 0 Å². The van der Waals surface area contributed by atoms with Crippen molar-refractivity contribution in [3.05, 3.63) is 59.7 Å². The normalized spacial score (nSPS) is 10.1. The van der Waals surface area contributed by atoms with Crippen LogP contribution in [0.2, 0.25) is 0 Å². The largest absolute Gasteiger partial charge is 0.494 e. The van der Waals surface area contributed by atoms with Crippen LogP contribution in [0.25, 0.3) is 0 Å². The molecule has 0 atom stereocenters. The predicted molar refractivity (Wildman–Crippen MR) is 83.4 cm³/mol. The molecule has 0 aromatic heterocycles. The topological polar surface area (TPSA) is 52.6 Å². The van der Waals surface area contributed by atoms with Gasteiger partial charge in [0.15, 0.2) is 5.78 Å². The molecule has 2 aromatic carbocycles. The minimum Gasteiger partial charge on any atom is -0.494 e. The van der Waals surface area contributed by atoms with Crippen molar-refractivity contribution in [3.8, 4) is 11.5 Å². The van der Waals surface area contributed by atoms with Gasteiger partial charge in [-0.1, -0.05) is 19.1 Å². The molecule has 2 aromatic rings. The van der Waals surface area contributed by atoms with E-state index in [1.54, 1.807) is 48.5 Å². The average Bonchev–Trinajstić information content (AvgIpc) is 2.53. The first-order valence-electron chi connectivity index (χ1n) is 7.17. The number of esters is 1. The SMILES string of the molecule is CCCOc1ccc(C(=O)c2ccccc2OC(C)=O)cc1. The second-order valence-corrected chi connectivity index (χ2v) is 4.79. The molecule has 4 heteroatoms. The van der Waals surface area contributed by atoms with Gasteiger partial charge in [-0.2, -0.15) is 0 Å². The van der Waals surface area contributed by atoms with E-state index in [1.165, 1.54) is 6.92 Å². The third-order valence-corrected chi connectivity index (χ3v) is 2.97. The second kappa shape index (κ2) is 7.41. The first kappa shape index (κ1) is 15.8. The number of benzene rings is 2. The van der Waals surface area contributed by atoms with Crippen LogP contribution in [0.1, 0.15) is 36.2 Å². The summed E-state index contributed by atoms with van der Waals surface area (Å²) in [4.78, 5) is 23.7. The second-order valence-electron chi connectivity index (χ2n) is 4.79. The summed E-state index contributed by atoms with van der Waals surface area (Å²) in [6.07, 6.45) is 0.927. The van der Waals surface area contributed by atoms with Crippen LogP contribution >= 0.6 is 0 Å². The molecule has 0 heterocycles. The lowest BCUT2D eigenvalue weighted by molar-refractivity contribution is -0.131. The Morgan fingerprint density at radius 2 is 1.68 bits per heavy atom. The summed E-state index contributed by atoms with van der Waals surface area (Å²) in [6, 6.07) is 13.6. The van der Waals surface area contributed by atoms with Crippen molar-refractivity contribution >= 4 is 11.8 Å². The van der Waals surface area contributed by atoms with E-state index in [0.717, 1.165) is 12.2 Å². The number of ether oxygens (including phenoxy) is 2. The first-order chi connectivity index (χ1) is 10.6. The molecule has 0 amide bonds. The molecule has 4 nitrogen and oxygen atoms in total. The van der Waals surface area contributed by atoms with E-state index in [-0.39, 0.29) is 11.5 Å². The van der Waals surface area contributed by atoms with Crippen molar-refractivity contribution < 1.29 is 19.1 Å². The van der Waals surface area contributed by atoms with Crippen LogP contribution < -0.4 is 9.47 Å². The molecular formula is C18H18O4. The van der Waals surface area contributed by atoms with Crippen LogP contribution in [-0.4, -0.2) is 18.4 Å². The zero-order valence-electron chi connectivity index (χ0n) is 12.7. The lowest BCUT2D eigenvalue weighted by atomic mass is 10.0. The van der Waals surface area contributed by atoms with E-state index in [1.807, 2.05) is 6.92 Å². The van der Waals surface area contributed by atoms with Gasteiger partial charge in [0.2, 0.25) is 0 Å². The number of hydrogen-bond acceptors (Lipinski definition) is 4. The van der Waals surface area contributed by atoms with Gasteiger partial charge < -0.3 is 9.47 Å². The molecule has 0 unspecified atom stereocenters. The molecular weight excluding hydrogens is 280 g/mol. The van der Waals surface area contributed by atoms with Crippen LogP contribution in [0.5, 0.6) is 11.5 Å². The first-order valence-corrected chi connectivity index (χ1v) is 7.17. The Bertz CT molecular complexity index is 659. The number of rotatable bonds is 6. The maximum absolute atomic E-state index is 12.5. The third kappa shape index (κ3) is 3.95. The summed E-state index contributed by atoms with van der Waals surface area (Å²) >= 11 is 0. The predicted octanol–water partition coefficient (Wildman–Crippen LogP) is 3.63. The lowest BCUT2D eigenvalue weighted by Gasteiger charge is -2.09. The highest BCUT2D eigenvalue weighted by Crippen LogP contribution is 2.23. The zero-order chi connectivity index (χ0) is 15.9. The molecule has 114 valence electrons. The Morgan fingerprint density at radius 1 is 1.00 bits per heavy atom. The molecule has 22 heavy (non-hydrogen) atoms. The van der Waals surface area contributed by atoms with E-state index in [4.69, 9.17) is 9.47 Å². The number of para-hydroxylation sites is 1. The van der Waals surface area contributed by atoms with Crippen molar-refractivity contribution in [1.82, 2.24) is 0 Å². The Kier molecular flexibility index (Phi) is 5.31. The Morgan fingerprint density at radius 3 is 2.32 bits per heavy atom. The van der Waals surface area contributed by atoms with Crippen LogP contribution in [0.3, 0.4) is 0 Å². The lowest BCUT2D eigenvalue weighted by Crippen LogP contribution is -2.08. The van der Waals surface area contributed by atoms with Crippen molar-refractivity contribution in [2.45, 2.75) is 20.3 Å². The smallest absolute Gasteiger partial charge is 0.308 e. The molecule has 0 N–H and O–H groups in total. The van der Waals surface area contributed by atoms with Gasteiger partial charge in [-0.05, 0) is 42.8 Å². The summed E-state index contributed by atoms with van der Waals surface area (Å²) in [6.45, 7) is 3.98. The number of carbonyl (C=O) groups excluding carboxylic acids is 2. The summed E-state index contributed by atoms with van der Waals surface area (Å²) < 4.78 is 10.6. The highest BCUT2D eigenvalue weighted by atomic mass is 16.5. The highest BCUT2D eigenvalue weighted by Gasteiger charge is 2.15. The van der Waals surface area contributed by atoms with Gasteiger partial charge in [-0.15, -0.1) is 0 Å². The molecule has 0 bridgehead atoms. The standard InChI is InChI=1S/C18H18O4/c1-3-12-21-15-10-8-14(9-11-15)18(20)16-6-4-5-7-17(16)22-13(2)19/h4-11H,3,12H2,1-2H3. The van der Waals surface area contributed by atoms with Crippen LogP contribution in [-0.2, 0) is 4.79 Å². The highest BCUT2D eigenvalue weighted by molar-refractivity contribution is 6.11. The molecule has 0 saturated carbocycles. The van der Waals surface area contributed by atoms with Crippen LogP contribution in [0, 0.1) is 0 Å². The zero-order valence-corrected chi connectivity index (χ0v) is 12.7. The van der Waals surface area contributed by atoms with Gasteiger partial charge in [-0.25, -0.2) is 0 Å². The van der Waals surface area contributed by atoms with E-state index in [2.05, 4.69) is 0 Å². The van der Waals surface area contributed by atoms with E-state index in [0.29, 0.717) is 17.7 Å². The van der Waals surface area contributed by atoms with E-state index in [9.17, 15) is 9.59 Å². The van der Waals surface area contributed by atoms with E-state index < -0.39 is 5.97 Å². The van der Waals surface area contributed by atoms with E-state index >= 15 is 0 Å². The fourth-order valence-electron chi connectivity index (χ4n) is 1.98. The third-order valence-electron chi connectivity index (χ3n) is 2.97. The molecule has 0 aliphatic rings. The Hall–Kier alpha value is -2.62.